The van der Waals surface area contributed by atoms with Gasteiger partial charge in [0.15, 0.2) is 0 Å². The molecule has 0 spiro atoms. The van der Waals surface area contributed by atoms with E-state index in [1.54, 1.807) is 0 Å². The Kier molecular flexibility index (Phi) is 4.41. The highest BCUT2D eigenvalue weighted by molar-refractivity contribution is 9.10. The van der Waals surface area contributed by atoms with E-state index in [1.165, 1.54) is 40.0 Å². The second-order valence-electron chi connectivity index (χ2n) is 4.47. The van der Waals surface area contributed by atoms with Crippen LogP contribution in [0.25, 0.3) is 0 Å². The molecule has 1 saturated heterocycles. The first-order valence-corrected chi connectivity index (χ1v) is 7.50. The first-order valence-electron chi connectivity index (χ1n) is 5.89. The van der Waals surface area contributed by atoms with Crippen LogP contribution in [0.5, 0.6) is 0 Å². The first kappa shape index (κ1) is 12.6. The van der Waals surface area contributed by atoms with E-state index in [1.807, 2.05) is 11.3 Å². The van der Waals surface area contributed by atoms with Gasteiger partial charge in [-0.15, -0.1) is 11.3 Å². The topological polar surface area (TPSA) is 29.3 Å². The quantitative estimate of drug-likeness (QED) is 0.929. The molecule has 0 aliphatic carbocycles. The molecule has 0 amide bonds. The van der Waals surface area contributed by atoms with Crippen molar-refractivity contribution >= 4 is 27.3 Å². The molecule has 2 heterocycles. The fraction of sp³-hybridized carbons (Fsp3) is 0.667. The van der Waals surface area contributed by atoms with E-state index in [-0.39, 0.29) is 0 Å². The molecule has 1 aromatic rings. The smallest absolute Gasteiger partial charge is 0.0331 e. The summed E-state index contributed by atoms with van der Waals surface area (Å²) in [5.41, 5.74) is 5.83. The van der Waals surface area contributed by atoms with Gasteiger partial charge >= 0.3 is 0 Å². The number of piperidine rings is 1. The third-order valence-electron chi connectivity index (χ3n) is 3.29. The molecule has 2 N–H and O–H groups in total. The molecule has 0 saturated carbocycles. The summed E-state index contributed by atoms with van der Waals surface area (Å²) in [7, 11) is 0. The summed E-state index contributed by atoms with van der Waals surface area (Å²) in [5.74, 6) is 0. The third kappa shape index (κ3) is 2.86. The van der Waals surface area contributed by atoms with E-state index in [9.17, 15) is 0 Å². The molecule has 4 heteroatoms. The van der Waals surface area contributed by atoms with Crippen LogP contribution in [0.15, 0.2) is 10.5 Å². The zero-order valence-electron chi connectivity index (χ0n) is 9.71. The monoisotopic (exact) mass is 302 g/mol. The van der Waals surface area contributed by atoms with Crippen LogP contribution in [-0.4, -0.2) is 24.0 Å². The van der Waals surface area contributed by atoms with Crippen molar-refractivity contribution in [1.82, 2.24) is 4.90 Å². The number of nitrogens with two attached hydrogens (primary N) is 1. The van der Waals surface area contributed by atoms with Gasteiger partial charge < -0.3 is 5.73 Å². The van der Waals surface area contributed by atoms with E-state index in [0.717, 1.165) is 13.1 Å². The van der Waals surface area contributed by atoms with Crippen molar-refractivity contribution in [1.29, 1.82) is 0 Å². The summed E-state index contributed by atoms with van der Waals surface area (Å²) in [5, 5.41) is 0. The highest BCUT2D eigenvalue weighted by atomic mass is 79.9. The third-order valence-corrected chi connectivity index (χ3v) is 5.41. The molecule has 0 aromatic carbocycles. The van der Waals surface area contributed by atoms with Crippen molar-refractivity contribution in [2.45, 2.75) is 38.8 Å². The van der Waals surface area contributed by atoms with Crippen molar-refractivity contribution in [3.05, 3.63) is 20.3 Å². The number of hydrogen-bond donors (Lipinski definition) is 1. The zero-order chi connectivity index (χ0) is 11.5. The minimum Gasteiger partial charge on any atom is -0.329 e. The maximum Gasteiger partial charge on any atom is 0.0331 e. The number of hydrogen-bond acceptors (Lipinski definition) is 3. The maximum absolute atomic E-state index is 5.83. The van der Waals surface area contributed by atoms with Gasteiger partial charge in [-0.3, -0.25) is 4.90 Å². The van der Waals surface area contributed by atoms with Crippen LogP contribution >= 0.6 is 27.3 Å². The van der Waals surface area contributed by atoms with Crippen molar-refractivity contribution in [2.75, 3.05) is 13.1 Å². The van der Waals surface area contributed by atoms with Crippen molar-refractivity contribution in [2.24, 2.45) is 5.73 Å². The van der Waals surface area contributed by atoms with Crippen molar-refractivity contribution in [3.8, 4) is 0 Å². The summed E-state index contributed by atoms with van der Waals surface area (Å²) in [4.78, 5) is 5.36. The Balaban J connectivity index is 2.02. The van der Waals surface area contributed by atoms with Gasteiger partial charge in [-0.2, -0.15) is 0 Å². The molecule has 1 aromatic heterocycles. The van der Waals surface area contributed by atoms with Crippen LogP contribution in [0.1, 0.15) is 29.0 Å². The molecular formula is C12H19BrN2S. The maximum atomic E-state index is 5.83. The Morgan fingerprint density at radius 2 is 2.38 bits per heavy atom. The number of halogens is 1. The Morgan fingerprint density at radius 1 is 1.56 bits per heavy atom. The normalized spacial score (nSPS) is 22.6. The standard InChI is InChI=1S/C12H19BrN2S/c1-9-12(13)6-11(16-9)8-15-5-3-2-4-10(15)7-14/h6,10H,2-5,7-8,14H2,1H3. The number of thiophene rings is 1. The van der Waals surface area contributed by atoms with Gasteiger partial charge in [0.1, 0.15) is 0 Å². The van der Waals surface area contributed by atoms with Gasteiger partial charge in [0, 0.05) is 33.4 Å². The van der Waals surface area contributed by atoms with Gasteiger partial charge in [0.25, 0.3) is 0 Å². The van der Waals surface area contributed by atoms with Gasteiger partial charge in [0.2, 0.25) is 0 Å². The lowest BCUT2D eigenvalue weighted by Gasteiger charge is -2.34. The summed E-state index contributed by atoms with van der Waals surface area (Å²) >= 11 is 5.47. The van der Waals surface area contributed by atoms with Crippen molar-refractivity contribution in [3.63, 3.8) is 0 Å². The van der Waals surface area contributed by atoms with Crippen LogP contribution < -0.4 is 5.73 Å². The second-order valence-corrected chi connectivity index (χ2v) is 6.67. The molecule has 0 bridgehead atoms. The molecule has 1 fully saturated rings. The molecule has 2 nitrogen and oxygen atoms in total. The average molecular weight is 303 g/mol. The summed E-state index contributed by atoms with van der Waals surface area (Å²) < 4.78 is 1.24. The number of rotatable bonds is 3. The lowest BCUT2D eigenvalue weighted by atomic mass is 10.0. The zero-order valence-corrected chi connectivity index (χ0v) is 12.1. The lowest BCUT2D eigenvalue weighted by molar-refractivity contribution is 0.146. The van der Waals surface area contributed by atoms with Crippen LogP contribution in [0, 0.1) is 6.92 Å². The highest BCUT2D eigenvalue weighted by Crippen LogP contribution is 2.28. The fourth-order valence-corrected chi connectivity index (χ4v) is 3.96. The second kappa shape index (κ2) is 5.63. The molecule has 1 aliphatic rings. The van der Waals surface area contributed by atoms with Gasteiger partial charge in [-0.25, -0.2) is 0 Å². The van der Waals surface area contributed by atoms with E-state index in [4.69, 9.17) is 5.73 Å². The Labute approximate surface area is 110 Å². The lowest BCUT2D eigenvalue weighted by Crippen LogP contribution is -2.43. The Hall–Kier alpha value is 0.100. The summed E-state index contributed by atoms with van der Waals surface area (Å²) in [6, 6.07) is 2.84. The number of likely N-dealkylation sites (tertiary alicyclic amines) is 1. The number of aryl methyl sites for hydroxylation is 1. The van der Waals surface area contributed by atoms with Crippen molar-refractivity contribution < 1.29 is 0 Å². The number of nitrogens with zero attached hydrogens (tertiary/aromatic N) is 1. The minimum absolute atomic E-state index is 0.593. The highest BCUT2D eigenvalue weighted by Gasteiger charge is 2.21. The summed E-state index contributed by atoms with van der Waals surface area (Å²) in [6.07, 6.45) is 3.93. The molecular weight excluding hydrogens is 284 g/mol. The van der Waals surface area contributed by atoms with E-state index in [2.05, 4.69) is 33.8 Å². The molecule has 2 rings (SSSR count). The van der Waals surface area contributed by atoms with Crippen LogP contribution in [0.3, 0.4) is 0 Å². The molecule has 16 heavy (non-hydrogen) atoms. The predicted molar refractivity (Wildman–Crippen MR) is 73.9 cm³/mol. The van der Waals surface area contributed by atoms with E-state index < -0.39 is 0 Å². The van der Waals surface area contributed by atoms with Gasteiger partial charge in [-0.05, 0) is 48.3 Å². The van der Waals surface area contributed by atoms with Gasteiger partial charge in [0.05, 0.1) is 0 Å². The SMILES string of the molecule is Cc1sc(CN2CCCCC2CN)cc1Br. The first-order chi connectivity index (χ1) is 7.70. The molecule has 0 radical (unpaired) electrons. The molecule has 1 atom stereocenters. The Bertz CT molecular complexity index is 331. The van der Waals surface area contributed by atoms with Crippen LogP contribution in [-0.2, 0) is 6.54 Å². The van der Waals surface area contributed by atoms with E-state index in [0.29, 0.717) is 6.04 Å². The summed E-state index contributed by atoms with van der Waals surface area (Å²) in [6.45, 7) is 5.23. The van der Waals surface area contributed by atoms with Gasteiger partial charge in [-0.1, -0.05) is 6.42 Å². The Morgan fingerprint density at radius 3 is 3.00 bits per heavy atom. The van der Waals surface area contributed by atoms with Crippen LogP contribution in [0.2, 0.25) is 0 Å². The fourth-order valence-electron chi connectivity index (χ4n) is 2.33. The molecule has 1 aliphatic heterocycles. The minimum atomic E-state index is 0.593. The van der Waals surface area contributed by atoms with Crippen LogP contribution in [0.4, 0.5) is 0 Å². The molecule has 90 valence electrons. The molecule has 1 unspecified atom stereocenters. The predicted octanol–water partition coefficient (Wildman–Crippen LogP) is 3.13. The van der Waals surface area contributed by atoms with E-state index >= 15 is 0 Å². The average Bonchev–Trinajstić information content (AvgIpc) is 2.59. The largest absolute Gasteiger partial charge is 0.329 e.